The molecule has 0 spiro atoms. The summed E-state index contributed by atoms with van der Waals surface area (Å²) in [5.74, 6) is 2.09. The second-order valence-corrected chi connectivity index (χ2v) is 6.04. The van der Waals surface area contributed by atoms with Gasteiger partial charge in [0.25, 0.3) is 0 Å². The summed E-state index contributed by atoms with van der Waals surface area (Å²) in [5.41, 5.74) is 1.27. The number of quaternary nitrogens is 1. The van der Waals surface area contributed by atoms with Crippen LogP contribution in [0.15, 0.2) is 21.7 Å². The number of allylic oxidation sites excluding steroid dienone is 1. The normalized spacial score (nSPS) is 31.4. The number of hydrogen-bond donors (Lipinski definition) is 0. The van der Waals surface area contributed by atoms with Crippen molar-refractivity contribution in [1.82, 2.24) is 4.90 Å². The second-order valence-electron chi connectivity index (χ2n) is 6.04. The molecule has 0 N–H and O–H groups in total. The van der Waals surface area contributed by atoms with Gasteiger partial charge in [-0.15, -0.1) is 4.59 Å². The second kappa shape index (κ2) is 4.19. The minimum absolute atomic E-state index is 0.660. The number of amidine groups is 1. The molecule has 4 heteroatoms. The lowest BCUT2D eigenvalue weighted by atomic mass is 10.3. The molecule has 0 aromatic carbocycles. The van der Waals surface area contributed by atoms with Gasteiger partial charge in [0.05, 0.1) is 0 Å². The maximum atomic E-state index is 4.88. The summed E-state index contributed by atoms with van der Waals surface area (Å²) in [4.78, 5) is 7.25. The SMILES string of the molecule is CC(C)=CC1=N[N+](C)(C2CC2)C(N2CCCC2)=N1. The van der Waals surface area contributed by atoms with Crippen LogP contribution < -0.4 is 0 Å². The Kier molecular flexibility index (Phi) is 2.77. The van der Waals surface area contributed by atoms with Crippen molar-refractivity contribution in [2.24, 2.45) is 10.1 Å². The van der Waals surface area contributed by atoms with Crippen LogP contribution in [0.2, 0.25) is 0 Å². The first-order valence-corrected chi connectivity index (χ1v) is 7.05. The molecule has 2 aliphatic heterocycles. The first-order chi connectivity index (χ1) is 8.59. The fraction of sp³-hybridized carbons (Fsp3) is 0.714. The minimum Gasteiger partial charge on any atom is -0.309 e. The molecule has 2 heterocycles. The van der Waals surface area contributed by atoms with Crippen LogP contribution in [-0.2, 0) is 0 Å². The van der Waals surface area contributed by atoms with Crippen LogP contribution in [0.3, 0.4) is 0 Å². The third kappa shape index (κ3) is 1.99. The minimum atomic E-state index is 0.660. The number of aliphatic imine (C=N–C) groups is 1. The van der Waals surface area contributed by atoms with Crippen molar-refractivity contribution >= 4 is 11.8 Å². The average Bonchev–Trinajstić information content (AvgIpc) is 2.92. The Balaban J connectivity index is 1.92. The van der Waals surface area contributed by atoms with E-state index in [0.29, 0.717) is 10.6 Å². The molecule has 18 heavy (non-hydrogen) atoms. The van der Waals surface area contributed by atoms with Gasteiger partial charge >= 0.3 is 5.96 Å². The predicted octanol–water partition coefficient (Wildman–Crippen LogP) is 2.34. The standard InChI is InChI=1S/C14H23N4/c1-11(2)10-13-15-14(17-8-4-5-9-17)18(3,16-13)12-6-7-12/h10,12H,4-9H2,1-3H3/q+1. The molecular weight excluding hydrogens is 224 g/mol. The van der Waals surface area contributed by atoms with Crippen LogP contribution >= 0.6 is 0 Å². The fourth-order valence-electron chi connectivity index (χ4n) is 2.90. The van der Waals surface area contributed by atoms with Crippen LogP contribution in [0.4, 0.5) is 0 Å². The molecule has 1 aliphatic carbocycles. The van der Waals surface area contributed by atoms with Crippen LogP contribution in [0.5, 0.6) is 0 Å². The molecule has 0 amide bonds. The van der Waals surface area contributed by atoms with Crippen molar-refractivity contribution in [1.29, 1.82) is 0 Å². The van der Waals surface area contributed by atoms with Gasteiger partial charge in [-0.3, -0.25) is 0 Å². The Morgan fingerprint density at radius 2 is 1.94 bits per heavy atom. The van der Waals surface area contributed by atoms with Gasteiger partial charge in [0.1, 0.15) is 13.1 Å². The van der Waals surface area contributed by atoms with Crippen molar-refractivity contribution in [2.45, 2.75) is 45.6 Å². The Morgan fingerprint density at radius 3 is 2.50 bits per heavy atom. The Morgan fingerprint density at radius 1 is 1.28 bits per heavy atom. The number of likely N-dealkylation sites (tertiary alicyclic amines) is 1. The Bertz CT molecular complexity index is 435. The molecule has 0 aromatic heterocycles. The summed E-state index contributed by atoms with van der Waals surface area (Å²) in [6, 6.07) is 0.660. The molecular formula is C14H23N4+. The molecule has 98 valence electrons. The number of rotatable bonds is 2. The maximum Gasteiger partial charge on any atom is 0.334 e. The number of nitrogens with zero attached hydrogens (tertiary/aromatic N) is 4. The molecule has 0 aromatic rings. The molecule has 1 unspecified atom stereocenters. The molecule has 4 nitrogen and oxygen atoms in total. The number of guanidine groups is 1. The van der Waals surface area contributed by atoms with E-state index < -0.39 is 0 Å². The van der Waals surface area contributed by atoms with Crippen molar-refractivity contribution in [3.63, 3.8) is 0 Å². The van der Waals surface area contributed by atoms with Gasteiger partial charge in [-0.1, -0.05) is 10.7 Å². The topological polar surface area (TPSA) is 28.0 Å². The van der Waals surface area contributed by atoms with Gasteiger partial charge in [0.2, 0.25) is 5.84 Å². The zero-order valence-corrected chi connectivity index (χ0v) is 11.7. The average molecular weight is 247 g/mol. The van der Waals surface area contributed by atoms with E-state index in [-0.39, 0.29) is 0 Å². The third-order valence-corrected chi connectivity index (χ3v) is 3.99. The predicted molar refractivity (Wildman–Crippen MR) is 74.3 cm³/mol. The molecule has 1 saturated heterocycles. The van der Waals surface area contributed by atoms with Gasteiger partial charge < -0.3 is 4.90 Å². The molecule has 1 atom stereocenters. The smallest absolute Gasteiger partial charge is 0.309 e. The zero-order valence-electron chi connectivity index (χ0n) is 11.7. The summed E-state index contributed by atoms with van der Waals surface area (Å²) in [5, 5.41) is 4.88. The lowest BCUT2D eigenvalue weighted by molar-refractivity contribution is -0.842. The fourth-order valence-corrected chi connectivity index (χ4v) is 2.90. The first kappa shape index (κ1) is 11.9. The quantitative estimate of drug-likeness (QED) is 0.688. The third-order valence-electron chi connectivity index (χ3n) is 3.99. The van der Waals surface area contributed by atoms with E-state index in [1.54, 1.807) is 0 Å². The largest absolute Gasteiger partial charge is 0.334 e. The van der Waals surface area contributed by atoms with Crippen molar-refractivity contribution in [3.05, 3.63) is 11.6 Å². The van der Waals surface area contributed by atoms with E-state index >= 15 is 0 Å². The van der Waals surface area contributed by atoms with Crippen molar-refractivity contribution in [3.8, 4) is 0 Å². The van der Waals surface area contributed by atoms with E-state index in [9.17, 15) is 0 Å². The van der Waals surface area contributed by atoms with E-state index in [4.69, 9.17) is 10.1 Å². The summed E-state index contributed by atoms with van der Waals surface area (Å²) in [7, 11) is 2.22. The molecule has 1 saturated carbocycles. The highest BCUT2D eigenvalue weighted by Crippen LogP contribution is 2.37. The van der Waals surface area contributed by atoms with Crippen molar-refractivity contribution in [2.75, 3.05) is 20.1 Å². The highest BCUT2D eigenvalue weighted by molar-refractivity contribution is 6.03. The van der Waals surface area contributed by atoms with Crippen LogP contribution in [0, 0.1) is 0 Å². The summed E-state index contributed by atoms with van der Waals surface area (Å²) in [6.07, 6.45) is 7.26. The van der Waals surface area contributed by atoms with Gasteiger partial charge in [-0.05, 0) is 32.8 Å². The zero-order chi connectivity index (χ0) is 12.8. The molecule has 2 fully saturated rings. The van der Waals surface area contributed by atoms with Crippen LogP contribution in [-0.4, -0.2) is 47.5 Å². The molecule has 3 aliphatic rings. The van der Waals surface area contributed by atoms with E-state index in [0.717, 1.165) is 18.9 Å². The summed E-state index contributed by atoms with van der Waals surface area (Å²) in [6.45, 7) is 6.51. The highest BCUT2D eigenvalue weighted by atomic mass is 15.7. The van der Waals surface area contributed by atoms with Crippen molar-refractivity contribution < 1.29 is 4.59 Å². The van der Waals surface area contributed by atoms with E-state index in [2.05, 4.69) is 31.9 Å². The summed E-state index contributed by atoms with van der Waals surface area (Å²) >= 11 is 0. The lowest BCUT2D eigenvalue weighted by Gasteiger charge is -2.29. The van der Waals surface area contributed by atoms with Gasteiger partial charge in [-0.25, -0.2) is 0 Å². The van der Waals surface area contributed by atoms with Gasteiger partial charge in [0.15, 0.2) is 0 Å². The molecule has 0 bridgehead atoms. The van der Waals surface area contributed by atoms with Gasteiger partial charge in [0, 0.05) is 25.9 Å². The first-order valence-electron chi connectivity index (χ1n) is 7.05. The molecule has 3 rings (SSSR count). The lowest BCUT2D eigenvalue weighted by Crippen LogP contribution is -2.52. The number of hydrogen-bond acceptors (Lipinski definition) is 3. The van der Waals surface area contributed by atoms with Crippen LogP contribution in [0.1, 0.15) is 39.5 Å². The Labute approximate surface area is 109 Å². The van der Waals surface area contributed by atoms with Crippen LogP contribution in [0.25, 0.3) is 0 Å². The van der Waals surface area contributed by atoms with Gasteiger partial charge in [-0.2, -0.15) is 4.99 Å². The van der Waals surface area contributed by atoms with E-state index in [1.165, 1.54) is 37.2 Å². The monoisotopic (exact) mass is 247 g/mol. The maximum absolute atomic E-state index is 4.88. The molecule has 0 radical (unpaired) electrons. The Hall–Kier alpha value is -1.16. The summed E-state index contributed by atoms with van der Waals surface area (Å²) < 4.78 is 0.694. The van der Waals surface area contributed by atoms with E-state index in [1.807, 2.05) is 0 Å². The highest BCUT2D eigenvalue weighted by Gasteiger charge is 2.52.